The molecule has 0 spiro atoms. The lowest BCUT2D eigenvalue weighted by Gasteiger charge is -2.12. The smallest absolute Gasteiger partial charge is 0.342 e. The third kappa shape index (κ3) is 3.85. The van der Waals surface area contributed by atoms with Crippen molar-refractivity contribution in [3.05, 3.63) is 65.2 Å². The third-order valence-corrected chi connectivity index (χ3v) is 3.90. The number of carbonyl (C=O) groups is 2. The third-order valence-electron chi connectivity index (χ3n) is 3.90. The minimum atomic E-state index is -0.739. The number of carbonyl (C=O) groups excluding carboxylic acids is 2. The highest BCUT2D eigenvalue weighted by Gasteiger charge is 2.23. The number of ether oxygens (including phenoxy) is 1. The Bertz CT molecular complexity index is 831. The zero-order valence-electron chi connectivity index (χ0n) is 13.8. The number of aryl methyl sites for hydroxylation is 1. The number of aromatic hydroxyl groups is 1. The van der Waals surface area contributed by atoms with Crippen LogP contribution in [-0.2, 0) is 9.53 Å². The molecule has 2 aromatic rings. The maximum atomic E-state index is 12.2. The Kier molecular flexibility index (Phi) is 4.79. The van der Waals surface area contributed by atoms with Crippen LogP contribution in [0.3, 0.4) is 0 Å². The molecule has 2 aromatic carbocycles. The Labute approximate surface area is 145 Å². The van der Waals surface area contributed by atoms with E-state index in [-0.39, 0.29) is 11.3 Å². The fourth-order valence-corrected chi connectivity index (χ4v) is 2.56. The molecule has 0 fully saturated rings. The minimum Gasteiger partial charge on any atom is -0.507 e. The van der Waals surface area contributed by atoms with E-state index >= 15 is 0 Å². The topological polar surface area (TPSA) is 79.2 Å². The summed E-state index contributed by atoms with van der Waals surface area (Å²) < 4.78 is 5.00. The SMILES string of the molecule is Cc1ccc(C(=O)OCC(=O)N2CCC(c3ccccc3)=N2)c(O)c1. The van der Waals surface area contributed by atoms with Gasteiger partial charge in [-0.05, 0) is 30.2 Å². The highest BCUT2D eigenvalue weighted by molar-refractivity contribution is 6.02. The standard InChI is InChI=1S/C19H18N2O4/c1-13-7-8-15(17(22)11-13)19(24)25-12-18(23)21-10-9-16(20-21)14-5-3-2-4-6-14/h2-8,11,22H,9-10,12H2,1H3. The van der Waals surface area contributed by atoms with Gasteiger partial charge in [-0.1, -0.05) is 36.4 Å². The number of phenolic OH excluding ortho intramolecular Hbond substituents is 1. The lowest BCUT2D eigenvalue weighted by molar-refractivity contribution is -0.134. The van der Waals surface area contributed by atoms with Crippen LogP contribution < -0.4 is 0 Å². The van der Waals surface area contributed by atoms with Crippen molar-refractivity contribution in [2.45, 2.75) is 13.3 Å². The predicted octanol–water partition coefficient (Wildman–Crippen LogP) is 2.49. The maximum Gasteiger partial charge on any atom is 0.342 e. The summed E-state index contributed by atoms with van der Waals surface area (Å²) in [5.74, 6) is -1.30. The summed E-state index contributed by atoms with van der Waals surface area (Å²) >= 11 is 0. The van der Waals surface area contributed by atoms with E-state index in [9.17, 15) is 14.7 Å². The van der Waals surface area contributed by atoms with Crippen molar-refractivity contribution in [3.8, 4) is 5.75 Å². The number of hydrogen-bond acceptors (Lipinski definition) is 5. The molecule has 128 valence electrons. The van der Waals surface area contributed by atoms with E-state index in [1.54, 1.807) is 13.0 Å². The Balaban J connectivity index is 1.60. The van der Waals surface area contributed by atoms with Crippen LogP contribution in [0.2, 0.25) is 0 Å². The van der Waals surface area contributed by atoms with Gasteiger partial charge in [-0.25, -0.2) is 9.80 Å². The van der Waals surface area contributed by atoms with Crippen LogP contribution in [0, 0.1) is 6.92 Å². The van der Waals surface area contributed by atoms with Gasteiger partial charge in [-0.15, -0.1) is 0 Å². The molecule has 1 heterocycles. The van der Waals surface area contributed by atoms with Crippen LogP contribution >= 0.6 is 0 Å². The van der Waals surface area contributed by atoms with Gasteiger partial charge in [-0.3, -0.25) is 4.79 Å². The minimum absolute atomic E-state index is 0.0355. The van der Waals surface area contributed by atoms with Gasteiger partial charge in [0.15, 0.2) is 6.61 Å². The van der Waals surface area contributed by atoms with E-state index in [2.05, 4.69) is 5.10 Å². The van der Waals surface area contributed by atoms with E-state index in [4.69, 9.17) is 4.74 Å². The summed E-state index contributed by atoms with van der Waals surface area (Å²) in [4.78, 5) is 24.2. The molecule has 1 amide bonds. The lowest BCUT2D eigenvalue weighted by Crippen LogP contribution is -2.28. The molecule has 0 bridgehead atoms. The number of hydrogen-bond donors (Lipinski definition) is 1. The van der Waals surface area contributed by atoms with E-state index in [0.29, 0.717) is 13.0 Å². The van der Waals surface area contributed by atoms with Crippen molar-refractivity contribution >= 4 is 17.6 Å². The van der Waals surface area contributed by atoms with Crippen LogP contribution in [0.15, 0.2) is 53.6 Å². The zero-order valence-corrected chi connectivity index (χ0v) is 13.8. The molecule has 0 radical (unpaired) electrons. The van der Waals surface area contributed by atoms with Crippen LogP contribution in [0.4, 0.5) is 0 Å². The predicted molar refractivity (Wildman–Crippen MR) is 92.4 cm³/mol. The summed E-state index contributed by atoms with van der Waals surface area (Å²) in [5.41, 5.74) is 2.66. The Morgan fingerprint density at radius 2 is 1.96 bits per heavy atom. The largest absolute Gasteiger partial charge is 0.507 e. The number of amides is 1. The van der Waals surface area contributed by atoms with Gasteiger partial charge in [-0.2, -0.15) is 5.10 Å². The second-order valence-corrected chi connectivity index (χ2v) is 5.78. The summed E-state index contributed by atoms with van der Waals surface area (Å²) in [7, 11) is 0. The number of benzene rings is 2. The van der Waals surface area contributed by atoms with Gasteiger partial charge in [0.1, 0.15) is 11.3 Å². The molecule has 6 heteroatoms. The zero-order chi connectivity index (χ0) is 17.8. The summed E-state index contributed by atoms with van der Waals surface area (Å²) in [6.07, 6.45) is 0.655. The number of hydrazone groups is 1. The Hall–Kier alpha value is -3.15. The molecule has 3 rings (SSSR count). The Morgan fingerprint density at radius 3 is 2.68 bits per heavy atom. The molecule has 0 unspecified atom stereocenters. The van der Waals surface area contributed by atoms with Gasteiger partial charge >= 0.3 is 5.97 Å². The molecule has 6 nitrogen and oxygen atoms in total. The first-order valence-electron chi connectivity index (χ1n) is 7.94. The number of phenols is 1. The number of nitrogens with zero attached hydrogens (tertiary/aromatic N) is 2. The molecule has 25 heavy (non-hydrogen) atoms. The summed E-state index contributed by atoms with van der Waals surface area (Å²) in [6.45, 7) is 1.84. The van der Waals surface area contributed by atoms with E-state index in [1.807, 2.05) is 30.3 Å². The van der Waals surface area contributed by atoms with Crippen molar-refractivity contribution in [3.63, 3.8) is 0 Å². The lowest BCUT2D eigenvalue weighted by atomic mass is 10.1. The monoisotopic (exact) mass is 338 g/mol. The highest BCUT2D eigenvalue weighted by atomic mass is 16.5. The van der Waals surface area contributed by atoms with Crippen molar-refractivity contribution < 1.29 is 19.4 Å². The van der Waals surface area contributed by atoms with Crippen LogP contribution in [0.25, 0.3) is 0 Å². The van der Waals surface area contributed by atoms with Gasteiger partial charge in [0.2, 0.25) is 0 Å². The van der Waals surface area contributed by atoms with Crippen molar-refractivity contribution in [1.29, 1.82) is 0 Å². The highest BCUT2D eigenvalue weighted by Crippen LogP contribution is 2.19. The molecular weight excluding hydrogens is 320 g/mol. The molecule has 1 aliphatic heterocycles. The average molecular weight is 338 g/mol. The summed E-state index contributed by atoms with van der Waals surface area (Å²) in [5, 5.41) is 15.4. The summed E-state index contributed by atoms with van der Waals surface area (Å²) in [6, 6.07) is 14.3. The first-order chi connectivity index (χ1) is 12.0. The molecule has 0 saturated heterocycles. The van der Waals surface area contributed by atoms with E-state index in [0.717, 1.165) is 16.8 Å². The van der Waals surface area contributed by atoms with E-state index in [1.165, 1.54) is 17.1 Å². The average Bonchev–Trinajstić information content (AvgIpc) is 3.10. The molecule has 0 saturated carbocycles. The van der Waals surface area contributed by atoms with Crippen LogP contribution in [-0.4, -0.2) is 40.9 Å². The first kappa shape index (κ1) is 16.7. The normalized spacial score (nSPS) is 13.5. The molecule has 0 aromatic heterocycles. The van der Waals surface area contributed by atoms with Crippen molar-refractivity contribution in [1.82, 2.24) is 5.01 Å². The van der Waals surface area contributed by atoms with Crippen molar-refractivity contribution in [2.24, 2.45) is 5.10 Å². The van der Waals surface area contributed by atoms with Gasteiger partial charge in [0.25, 0.3) is 5.91 Å². The van der Waals surface area contributed by atoms with Gasteiger partial charge < -0.3 is 9.84 Å². The molecule has 0 atom stereocenters. The molecule has 1 N–H and O–H groups in total. The molecule has 0 aliphatic carbocycles. The van der Waals surface area contributed by atoms with Crippen LogP contribution in [0.5, 0.6) is 5.75 Å². The van der Waals surface area contributed by atoms with Crippen LogP contribution in [0.1, 0.15) is 27.9 Å². The Morgan fingerprint density at radius 1 is 1.20 bits per heavy atom. The fourth-order valence-electron chi connectivity index (χ4n) is 2.56. The second kappa shape index (κ2) is 7.17. The molecular formula is C19H18N2O4. The van der Waals surface area contributed by atoms with Crippen molar-refractivity contribution in [2.75, 3.05) is 13.2 Å². The van der Waals surface area contributed by atoms with Gasteiger partial charge in [0, 0.05) is 6.42 Å². The fraction of sp³-hybridized carbons (Fsp3) is 0.211. The maximum absolute atomic E-state index is 12.2. The number of rotatable bonds is 4. The second-order valence-electron chi connectivity index (χ2n) is 5.78. The quantitative estimate of drug-likeness (QED) is 0.869. The number of esters is 1. The van der Waals surface area contributed by atoms with E-state index < -0.39 is 18.5 Å². The molecule has 1 aliphatic rings. The first-order valence-corrected chi connectivity index (χ1v) is 7.94. The van der Waals surface area contributed by atoms with Gasteiger partial charge in [0.05, 0.1) is 12.3 Å².